The summed E-state index contributed by atoms with van der Waals surface area (Å²) in [5.74, 6) is 0.955. The van der Waals surface area contributed by atoms with Crippen molar-refractivity contribution in [2.24, 2.45) is 5.41 Å². The number of benzene rings is 2. The van der Waals surface area contributed by atoms with Gasteiger partial charge >= 0.3 is 0 Å². The Morgan fingerprint density at radius 1 is 0.773 bits per heavy atom. The average molecular weight is 296 g/mol. The summed E-state index contributed by atoms with van der Waals surface area (Å²) in [7, 11) is 0. The Balaban J connectivity index is 1.52. The molecule has 2 aromatic rings. The molecule has 2 aromatic carbocycles. The second-order valence-corrected chi connectivity index (χ2v) is 6.29. The Hall–Kier alpha value is -1.80. The van der Waals surface area contributed by atoms with E-state index in [9.17, 15) is 0 Å². The molecule has 0 atom stereocenters. The maximum atomic E-state index is 6.02. The summed E-state index contributed by atoms with van der Waals surface area (Å²) < 4.78 is 12.0. The number of hydrogen-bond acceptors (Lipinski definition) is 2. The molecule has 0 heterocycles. The van der Waals surface area contributed by atoms with E-state index in [2.05, 4.69) is 24.3 Å². The second kappa shape index (κ2) is 7.46. The Labute approximate surface area is 133 Å². The van der Waals surface area contributed by atoms with Crippen molar-refractivity contribution in [3.8, 4) is 5.75 Å². The molecule has 0 unspecified atom stereocenters. The van der Waals surface area contributed by atoms with Crippen LogP contribution in [0.4, 0.5) is 0 Å². The van der Waals surface area contributed by atoms with E-state index in [1.807, 2.05) is 36.4 Å². The van der Waals surface area contributed by atoms with Gasteiger partial charge in [0.05, 0.1) is 19.8 Å². The van der Waals surface area contributed by atoms with Crippen molar-refractivity contribution in [1.82, 2.24) is 0 Å². The molecule has 0 amide bonds. The molecular weight excluding hydrogens is 272 g/mol. The van der Waals surface area contributed by atoms with Crippen molar-refractivity contribution in [1.29, 1.82) is 0 Å². The van der Waals surface area contributed by atoms with E-state index in [1.54, 1.807) is 0 Å². The third-order valence-corrected chi connectivity index (χ3v) is 4.47. The zero-order valence-electron chi connectivity index (χ0n) is 13.0. The molecule has 116 valence electrons. The van der Waals surface area contributed by atoms with E-state index in [-0.39, 0.29) is 5.41 Å². The molecule has 0 radical (unpaired) electrons. The molecule has 1 aliphatic carbocycles. The number of para-hydroxylation sites is 1. The smallest absolute Gasteiger partial charge is 0.119 e. The lowest BCUT2D eigenvalue weighted by molar-refractivity contribution is 0.00901. The van der Waals surface area contributed by atoms with Crippen molar-refractivity contribution < 1.29 is 9.47 Å². The Bertz CT molecular complexity index is 544. The zero-order valence-corrected chi connectivity index (χ0v) is 13.0. The fourth-order valence-corrected chi connectivity index (χ4v) is 3.17. The van der Waals surface area contributed by atoms with Gasteiger partial charge in [0.2, 0.25) is 0 Å². The highest BCUT2D eigenvalue weighted by Gasteiger charge is 2.35. The lowest BCUT2D eigenvalue weighted by atomic mass is 9.88. The first-order valence-electron chi connectivity index (χ1n) is 8.16. The summed E-state index contributed by atoms with van der Waals surface area (Å²) in [6.07, 6.45) is 4.98. The van der Waals surface area contributed by atoms with Crippen LogP contribution in [-0.4, -0.2) is 13.2 Å². The molecule has 2 nitrogen and oxygen atoms in total. The van der Waals surface area contributed by atoms with Crippen LogP contribution in [0.5, 0.6) is 5.75 Å². The summed E-state index contributed by atoms with van der Waals surface area (Å²) in [4.78, 5) is 0. The minimum Gasteiger partial charge on any atom is -0.493 e. The summed E-state index contributed by atoms with van der Waals surface area (Å²) in [5.41, 5.74) is 1.42. The molecule has 1 aliphatic rings. The van der Waals surface area contributed by atoms with E-state index < -0.39 is 0 Å². The lowest BCUT2D eigenvalue weighted by Crippen LogP contribution is -2.30. The predicted octanol–water partition coefficient (Wildman–Crippen LogP) is 4.84. The van der Waals surface area contributed by atoms with Crippen LogP contribution in [0.2, 0.25) is 0 Å². The maximum Gasteiger partial charge on any atom is 0.119 e. The Morgan fingerprint density at radius 2 is 1.41 bits per heavy atom. The van der Waals surface area contributed by atoms with E-state index in [0.717, 1.165) is 19.0 Å². The van der Waals surface area contributed by atoms with Crippen LogP contribution >= 0.6 is 0 Å². The lowest BCUT2D eigenvalue weighted by Gasteiger charge is -2.28. The van der Waals surface area contributed by atoms with Gasteiger partial charge in [0.25, 0.3) is 0 Å². The van der Waals surface area contributed by atoms with E-state index in [4.69, 9.17) is 9.47 Å². The molecule has 1 fully saturated rings. The normalized spacial score (nSPS) is 16.5. The van der Waals surface area contributed by atoms with E-state index >= 15 is 0 Å². The van der Waals surface area contributed by atoms with Crippen molar-refractivity contribution in [3.05, 3.63) is 66.2 Å². The van der Waals surface area contributed by atoms with Gasteiger partial charge in [-0.05, 0) is 30.5 Å². The van der Waals surface area contributed by atoms with Gasteiger partial charge in [-0.15, -0.1) is 0 Å². The van der Waals surface area contributed by atoms with Crippen LogP contribution in [0.15, 0.2) is 60.7 Å². The van der Waals surface area contributed by atoms with Gasteiger partial charge in [0.15, 0.2) is 0 Å². The summed E-state index contributed by atoms with van der Waals surface area (Å²) in [5, 5.41) is 0. The quantitative estimate of drug-likeness (QED) is 0.727. The molecule has 2 heteroatoms. The molecule has 1 saturated carbocycles. The topological polar surface area (TPSA) is 18.5 Å². The molecule has 0 aliphatic heterocycles. The summed E-state index contributed by atoms with van der Waals surface area (Å²) in [6.45, 7) is 2.23. The van der Waals surface area contributed by atoms with Crippen LogP contribution in [0, 0.1) is 5.41 Å². The first kappa shape index (κ1) is 15.1. The zero-order chi connectivity index (χ0) is 15.1. The van der Waals surface area contributed by atoms with E-state index in [1.165, 1.54) is 31.2 Å². The Kier molecular flexibility index (Phi) is 5.12. The number of hydrogen-bond donors (Lipinski definition) is 0. The third kappa shape index (κ3) is 4.11. The predicted molar refractivity (Wildman–Crippen MR) is 88.9 cm³/mol. The fourth-order valence-electron chi connectivity index (χ4n) is 3.17. The maximum absolute atomic E-state index is 6.02. The van der Waals surface area contributed by atoms with Crippen molar-refractivity contribution in [2.75, 3.05) is 13.2 Å². The van der Waals surface area contributed by atoms with Crippen molar-refractivity contribution >= 4 is 0 Å². The van der Waals surface area contributed by atoms with Gasteiger partial charge in [-0.1, -0.05) is 61.4 Å². The second-order valence-electron chi connectivity index (χ2n) is 6.29. The monoisotopic (exact) mass is 296 g/mol. The van der Waals surface area contributed by atoms with Crippen LogP contribution in [0.3, 0.4) is 0 Å². The van der Waals surface area contributed by atoms with E-state index in [0.29, 0.717) is 6.61 Å². The minimum atomic E-state index is 0.185. The van der Waals surface area contributed by atoms with Crippen LogP contribution in [0.1, 0.15) is 31.2 Å². The molecule has 0 saturated heterocycles. The van der Waals surface area contributed by atoms with Crippen molar-refractivity contribution in [3.63, 3.8) is 0 Å². The van der Waals surface area contributed by atoms with Crippen LogP contribution < -0.4 is 4.74 Å². The van der Waals surface area contributed by atoms with Gasteiger partial charge in [-0.2, -0.15) is 0 Å². The molecule has 0 aromatic heterocycles. The van der Waals surface area contributed by atoms with Gasteiger partial charge in [-0.25, -0.2) is 0 Å². The van der Waals surface area contributed by atoms with Gasteiger partial charge < -0.3 is 9.47 Å². The highest BCUT2D eigenvalue weighted by atomic mass is 16.5. The van der Waals surface area contributed by atoms with Crippen molar-refractivity contribution in [2.45, 2.75) is 32.3 Å². The standard InChI is InChI=1S/C20H24O2/c1-3-9-18(10-4-1)15-21-16-20(13-7-8-14-20)17-22-19-11-5-2-6-12-19/h1-6,9-12H,7-8,13-17H2. The first-order chi connectivity index (χ1) is 10.9. The molecule has 22 heavy (non-hydrogen) atoms. The van der Waals surface area contributed by atoms with Crippen LogP contribution in [0.25, 0.3) is 0 Å². The molecule has 3 rings (SSSR count). The summed E-state index contributed by atoms with van der Waals surface area (Å²) in [6, 6.07) is 20.5. The van der Waals surface area contributed by atoms with Gasteiger partial charge in [0.1, 0.15) is 5.75 Å². The SMILES string of the molecule is c1ccc(COCC2(COc3ccccc3)CCCC2)cc1. The molecule has 0 spiro atoms. The van der Waals surface area contributed by atoms with Gasteiger partial charge in [-0.3, -0.25) is 0 Å². The number of rotatable bonds is 7. The third-order valence-electron chi connectivity index (χ3n) is 4.47. The summed E-state index contributed by atoms with van der Waals surface area (Å²) >= 11 is 0. The highest BCUT2D eigenvalue weighted by Crippen LogP contribution is 2.39. The van der Waals surface area contributed by atoms with Gasteiger partial charge in [0, 0.05) is 5.41 Å². The molecule has 0 N–H and O–H groups in total. The Morgan fingerprint density at radius 3 is 2.09 bits per heavy atom. The molecule has 0 bridgehead atoms. The van der Waals surface area contributed by atoms with Crippen LogP contribution in [-0.2, 0) is 11.3 Å². The average Bonchev–Trinajstić information content (AvgIpc) is 3.04. The minimum absolute atomic E-state index is 0.185. The molecular formula is C20H24O2. The number of ether oxygens (including phenoxy) is 2. The fraction of sp³-hybridized carbons (Fsp3) is 0.400. The highest BCUT2D eigenvalue weighted by molar-refractivity contribution is 5.21. The first-order valence-corrected chi connectivity index (χ1v) is 8.16. The largest absolute Gasteiger partial charge is 0.493 e.